The minimum atomic E-state index is -0.185. The van der Waals surface area contributed by atoms with Crippen molar-refractivity contribution in [1.29, 1.82) is 0 Å². The number of anilines is 1. The average Bonchev–Trinajstić information content (AvgIpc) is 3.00. The summed E-state index contributed by atoms with van der Waals surface area (Å²) < 4.78 is 4.63. The number of aromatic nitrogens is 3. The van der Waals surface area contributed by atoms with Crippen LogP contribution in [0.1, 0.15) is 35.2 Å². The largest absolute Gasteiger partial charge is 0.352 e. The van der Waals surface area contributed by atoms with Crippen LogP contribution in [0, 0.1) is 0 Å². The maximum atomic E-state index is 12.1. The van der Waals surface area contributed by atoms with Gasteiger partial charge in [0.05, 0.1) is 0 Å². The molecule has 0 aliphatic carbocycles. The zero-order chi connectivity index (χ0) is 15.1. The van der Waals surface area contributed by atoms with E-state index in [9.17, 15) is 4.79 Å². The van der Waals surface area contributed by atoms with E-state index < -0.39 is 0 Å². The third-order valence-electron chi connectivity index (χ3n) is 2.84. The van der Waals surface area contributed by atoms with Gasteiger partial charge in [0.2, 0.25) is 6.39 Å². The zero-order valence-electron chi connectivity index (χ0n) is 11.8. The SMILES string of the molecule is CCCc1cc(C(=O)NCCc2ncon2)cc(NN)n1. The van der Waals surface area contributed by atoms with Gasteiger partial charge in [-0.05, 0) is 18.6 Å². The third kappa shape index (κ3) is 4.25. The van der Waals surface area contributed by atoms with Crippen LogP contribution < -0.4 is 16.6 Å². The Morgan fingerprint density at radius 2 is 2.24 bits per heavy atom. The van der Waals surface area contributed by atoms with E-state index in [0.29, 0.717) is 30.2 Å². The van der Waals surface area contributed by atoms with Crippen molar-refractivity contribution in [2.24, 2.45) is 5.84 Å². The second kappa shape index (κ2) is 7.34. The number of nitrogen functional groups attached to an aromatic ring is 1. The quantitative estimate of drug-likeness (QED) is 0.506. The van der Waals surface area contributed by atoms with E-state index in [1.165, 1.54) is 6.39 Å². The van der Waals surface area contributed by atoms with Gasteiger partial charge in [-0.2, -0.15) is 4.98 Å². The minimum absolute atomic E-state index is 0.185. The molecule has 0 saturated heterocycles. The Labute approximate surface area is 122 Å². The number of carbonyl (C=O) groups is 1. The van der Waals surface area contributed by atoms with Gasteiger partial charge in [-0.25, -0.2) is 10.8 Å². The first kappa shape index (κ1) is 14.9. The molecule has 0 fully saturated rings. The molecule has 2 aromatic rings. The van der Waals surface area contributed by atoms with Gasteiger partial charge in [-0.1, -0.05) is 18.5 Å². The number of carbonyl (C=O) groups excluding carboxylic acids is 1. The smallest absolute Gasteiger partial charge is 0.251 e. The Bertz CT molecular complexity index is 584. The van der Waals surface area contributed by atoms with Gasteiger partial charge in [0, 0.05) is 24.2 Å². The van der Waals surface area contributed by atoms with Crippen molar-refractivity contribution in [3.63, 3.8) is 0 Å². The summed E-state index contributed by atoms with van der Waals surface area (Å²) in [6.07, 6.45) is 3.51. The van der Waals surface area contributed by atoms with Gasteiger partial charge in [0.15, 0.2) is 5.82 Å². The van der Waals surface area contributed by atoms with Gasteiger partial charge in [0.25, 0.3) is 5.91 Å². The summed E-state index contributed by atoms with van der Waals surface area (Å²) in [6, 6.07) is 3.39. The lowest BCUT2D eigenvalue weighted by Gasteiger charge is -2.08. The molecule has 0 aliphatic rings. The van der Waals surface area contributed by atoms with E-state index in [0.717, 1.165) is 18.5 Å². The molecule has 4 N–H and O–H groups in total. The molecule has 8 heteroatoms. The molecule has 0 radical (unpaired) electrons. The van der Waals surface area contributed by atoms with E-state index in [4.69, 9.17) is 5.84 Å². The lowest BCUT2D eigenvalue weighted by Crippen LogP contribution is -2.26. The lowest BCUT2D eigenvalue weighted by atomic mass is 10.1. The molecule has 8 nitrogen and oxygen atoms in total. The fourth-order valence-electron chi connectivity index (χ4n) is 1.87. The van der Waals surface area contributed by atoms with Crippen molar-refractivity contribution in [1.82, 2.24) is 20.4 Å². The zero-order valence-corrected chi connectivity index (χ0v) is 11.8. The summed E-state index contributed by atoms with van der Waals surface area (Å²) in [4.78, 5) is 20.3. The number of amides is 1. The Hall–Kier alpha value is -2.48. The maximum Gasteiger partial charge on any atom is 0.251 e. The lowest BCUT2D eigenvalue weighted by molar-refractivity contribution is 0.0953. The molecule has 0 spiro atoms. The number of nitrogens with zero attached hydrogens (tertiary/aromatic N) is 3. The fraction of sp³-hybridized carbons (Fsp3) is 0.385. The van der Waals surface area contributed by atoms with Gasteiger partial charge in [-0.3, -0.25) is 4.79 Å². The van der Waals surface area contributed by atoms with E-state index >= 15 is 0 Å². The Kier molecular flexibility index (Phi) is 5.22. The van der Waals surface area contributed by atoms with Crippen LogP contribution >= 0.6 is 0 Å². The summed E-state index contributed by atoms with van der Waals surface area (Å²) >= 11 is 0. The molecule has 0 bridgehead atoms. The highest BCUT2D eigenvalue weighted by molar-refractivity contribution is 5.95. The molecule has 112 valence electrons. The van der Waals surface area contributed by atoms with Crippen molar-refractivity contribution in [3.05, 3.63) is 35.6 Å². The van der Waals surface area contributed by atoms with E-state index in [1.807, 2.05) is 0 Å². The summed E-state index contributed by atoms with van der Waals surface area (Å²) in [5, 5.41) is 6.48. The number of hydrogen-bond acceptors (Lipinski definition) is 7. The predicted octanol–water partition coefficient (Wildman–Crippen LogP) is 0.675. The Balaban J connectivity index is 1.98. The molecule has 0 atom stereocenters. The number of pyridine rings is 1. The highest BCUT2D eigenvalue weighted by Gasteiger charge is 2.10. The number of aryl methyl sites for hydroxylation is 1. The van der Waals surface area contributed by atoms with E-state index in [1.54, 1.807) is 12.1 Å². The van der Waals surface area contributed by atoms with Crippen LogP contribution in [0.25, 0.3) is 0 Å². The van der Waals surface area contributed by atoms with Gasteiger partial charge >= 0.3 is 0 Å². The molecule has 2 rings (SSSR count). The number of hydrogen-bond donors (Lipinski definition) is 3. The van der Waals surface area contributed by atoms with Gasteiger partial charge in [0.1, 0.15) is 5.82 Å². The normalized spacial score (nSPS) is 10.4. The summed E-state index contributed by atoms with van der Waals surface area (Å²) in [6.45, 7) is 2.48. The highest BCUT2D eigenvalue weighted by Crippen LogP contribution is 2.11. The molecule has 0 saturated carbocycles. The molecular weight excluding hydrogens is 272 g/mol. The van der Waals surface area contributed by atoms with Crippen LogP contribution in [0.15, 0.2) is 23.0 Å². The third-order valence-corrected chi connectivity index (χ3v) is 2.84. The minimum Gasteiger partial charge on any atom is -0.352 e. The van der Waals surface area contributed by atoms with Gasteiger partial charge < -0.3 is 15.3 Å². The number of hydrazine groups is 1. The maximum absolute atomic E-state index is 12.1. The predicted molar refractivity (Wildman–Crippen MR) is 76.4 cm³/mol. The van der Waals surface area contributed by atoms with Crippen molar-refractivity contribution < 1.29 is 9.32 Å². The molecule has 21 heavy (non-hydrogen) atoms. The van der Waals surface area contributed by atoms with Gasteiger partial charge in [-0.15, -0.1) is 0 Å². The van der Waals surface area contributed by atoms with Crippen molar-refractivity contribution >= 4 is 11.7 Å². The van der Waals surface area contributed by atoms with Crippen LogP contribution in [0.5, 0.6) is 0 Å². The van der Waals surface area contributed by atoms with Crippen LogP contribution in [0.3, 0.4) is 0 Å². The topological polar surface area (TPSA) is 119 Å². The van der Waals surface area contributed by atoms with E-state index in [-0.39, 0.29) is 5.91 Å². The molecule has 2 aromatic heterocycles. The Morgan fingerprint density at radius 1 is 1.38 bits per heavy atom. The fourth-order valence-corrected chi connectivity index (χ4v) is 1.87. The van der Waals surface area contributed by atoms with Crippen molar-refractivity contribution in [3.8, 4) is 0 Å². The molecule has 2 heterocycles. The number of nitrogens with two attached hydrogens (primary N) is 1. The van der Waals surface area contributed by atoms with Crippen LogP contribution in [0.4, 0.5) is 5.82 Å². The number of rotatable bonds is 7. The summed E-state index contributed by atoms with van der Waals surface area (Å²) in [5.41, 5.74) is 3.83. The molecule has 0 aliphatic heterocycles. The summed E-state index contributed by atoms with van der Waals surface area (Å²) in [7, 11) is 0. The second-order valence-corrected chi connectivity index (χ2v) is 4.48. The summed E-state index contributed by atoms with van der Waals surface area (Å²) in [5.74, 6) is 6.22. The second-order valence-electron chi connectivity index (χ2n) is 4.48. The first-order chi connectivity index (χ1) is 10.2. The average molecular weight is 290 g/mol. The van der Waals surface area contributed by atoms with Crippen LogP contribution in [0.2, 0.25) is 0 Å². The van der Waals surface area contributed by atoms with Crippen molar-refractivity contribution in [2.45, 2.75) is 26.2 Å². The number of nitrogens with one attached hydrogen (secondary N) is 2. The molecule has 1 amide bonds. The van der Waals surface area contributed by atoms with Crippen molar-refractivity contribution in [2.75, 3.05) is 12.0 Å². The molecule has 0 unspecified atom stereocenters. The van der Waals surface area contributed by atoms with Crippen LogP contribution in [-0.2, 0) is 12.8 Å². The monoisotopic (exact) mass is 290 g/mol. The molecular formula is C13H18N6O2. The van der Waals surface area contributed by atoms with Crippen LogP contribution in [-0.4, -0.2) is 27.6 Å². The standard InChI is InChI=1S/C13H18N6O2/c1-2-3-10-6-9(7-12(17-10)18-14)13(20)15-5-4-11-16-8-21-19-11/h6-8H,2-5,14H2,1H3,(H,15,20)(H,17,18). The van der Waals surface area contributed by atoms with E-state index in [2.05, 4.69) is 37.3 Å². The highest BCUT2D eigenvalue weighted by atomic mass is 16.5. The first-order valence-electron chi connectivity index (χ1n) is 6.74. The first-order valence-corrected chi connectivity index (χ1v) is 6.74. The Morgan fingerprint density at radius 3 is 2.90 bits per heavy atom. The molecule has 0 aromatic carbocycles.